The third-order valence-electron chi connectivity index (χ3n) is 7.57. The van der Waals surface area contributed by atoms with Gasteiger partial charge in [-0.25, -0.2) is 4.98 Å². The van der Waals surface area contributed by atoms with E-state index < -0.39 is 29.2 Å². The SMILES string of the molecule is O=C(CNC(=O)c1cccc(C(F)(F)F)c1)N[C@@H]1CCN(C2CCC(O)(c3ncc(-c4ccccn4)s3)CC2)C1. The van der Waals surface area contributed by atoms with Crippen molar-refractivity contribution in [3.05, 3.63) is 71.0 Å². The van der Waals surface area contributed by atoms with Gasteiger partial charge >= 0.3 is 6.18 Å². The molecule has 2 amide bonds. The molecule has 8 nitrogen and oxygen atoms in total. The Kier molecular flexibility index (Phi) is 8.20. The molecular formula is C28H30F3N5O3S. The van der Waals surface area contributed by atoms with E-state index in [1.165, 1.54) is 17.4 Å². The van der Waals surface area contributed by atoms with Crippen LogP contribution in [-0.4, -0.2) is 63.5 Å². The van der Waals surface area contributed by atoms with E-state index in [1.807, 2.05) is 18.2 Å². The van der Waals surface area contributed by atoms with Crippen LogP contribution in [0.1, 0.15) is 53.0 Å². The maximum Gasteiger partial charge on any atom is 0.416 e. The summed E-state index contributed by atoms with van der Waals surface area (Å²) in [5.41, 5.74) is -1.20. The van der Waals surface area contributed by atoms with Crippen LogP contribution in [0.15, 0.2) is 54.9 Å². The van der Waals surface area contributed by atoms with Crippen molar-refractivity contribution in [3.63, 3.8) is 0 Å². The van der Waals surface area contributed by atoms with Crippen molar-refractivity contribution in [2.75, 3.05) is 19.6 Å². The summed E-state index contributed by atoms with van der Waals surface area (Å²) in [6.07, 6.45) is 2.52. The average molecular weight is 574 g/mol. The molecule has 1 aliphatic heterocycles. The Bertz CT molecular complexity index is 1340. The Morgan fingerprint density at radius 2 is 1.90 bits per heavy atom. The zero-order valence-corrected chi connectivity index (χ0v) is 22.5. The summed E-state index contributed by atoms with van der Waals surface area (Å²) in [4.78, 5) is 36.8. The molecule has 2 aromatic heterocycles. The minimum atomic E-state index is -4.55. The highest BCUT2D eigenvalue weighted by Gasteiger charge is 2.40. The minimum Gasteiger partial charge on any atom is -0.383 e. The maximum atomic E-state index is 12.9. The van der Waals surface area contributed by atoms with Gasteiger partial charge in [-0.05, 0) is 62.4 Å². The zero-order chi connectivity index (χ0) is 28.3. The van der Waals surface area contributed by atoms with Gasteiger partial charge in [0.2, 0.25) is 5.91 Å². The molecule has 1 aromatic carbocycles. The Morgan fingerprint density at radius 1 is 1.10 bits per heavy atom. The molecule has 1 saturated heterocycles. The van der Waals surface area contributed by atoms with E-state index in [4.69, 9.17) is 0 Å². The molecule has 1 atom stereocenters. The monoisotopic (exact) mass is 573 g/mol. The predicted octanol–water partition coefficient (Wildman–Crippen LogP) is 3.97. The van der Waals surface area contributed by atoms with E-state index >= 15 is 0 Å². The number of nitrogens with one attached hydrogen (secondary N) is 2. The first kappa shape index (κ1) is 28.2. The molecule has 0 spiro atoms. The smallest absolute Gasteiger partial charge is 0.383 e. The molecule has 212 valence electrons. The lowest BCUT2D eigenvalue weighted by Crippen LogP contribution is -2.45. The van der Waals surface area contributed by atoms with Crippen LogP contribution in [0, 0.1) is 0 Å². The van der Waals surface area contributed by atoms with Crippen LogP contribution in [0.25, 0.3) is 10.6 Å². The highest BCUT2D eigenvalue weighted by atomic mass is 32.1. The number of thiazole rings is 1. The van der Waals surface area contributed by atoms with Gasteiger partial charge in [0.05, 0.1) is 22.7 Å². The van der Waals surface area contributed by atoms with Crippen LogP contribution in [0.2, 0.25) is 0 Å². The van der Waals surface area contributed by atoms with Gasteiger partial charge in [-0.2, -0.15) is 13.2 Å². The summed E-state index contributed by atoms with van der Waals surface area (Å²) in [7, 11) is 0. The van der Waals surface area contributed by atoms with Gasteiger partial charge in [-0.1, -0.05) is 12.1 Å². The largest absolute Gasteiger partial charge is 0.416 e. The predicted molar refractivity (Wildman–Crippen MR) is 143 cm³/mol. The second kappa shape index (κ2) is 11.6. The first-order valence-corrected chi connectivity index (χ1v) is 14.0. The summed E-state index contributed by atoms with van der Waals surface area (Å²) >= 11 is 1.47. The standard InChI is InChI=1S/C28H30F3N5O3S/c29-28(30,31)19-5-3-4-18(14-19)25(38)33-16-24(37)35-20-9-13-36(17-20)21-7-10-27(39,11-8-21)26-34-15-23(40-26)22-6-1-2-12-32-22/h1-6,12,14-15,20-21,39H,7-11,13,16-17H2,(H,33,38)(H,35,37)/t20-,21?,27?/m1/s1. The number of rotatable bonds is 7. The maximum absolute atomic E-state index is 12.9. The normalized spacial score (nSPS) is 23.6. The second-order valence-corrected chi connectivity index (χ2v) is 11.3. The third kappa shape index (κ3) is 6.51. The van der Waals surface area contributed by atoms with Crippen LogP contribution >= 0.6 is 11.3 Å². The third-order valence-corrected chi connectivity index (χ3v) is 8.78. The Labute approximate surface area is 233 Å². The van der Waals surface area contributed by atoms with Gasteiger partial charge in [0.15, 0.2) is 0 Å². The molecule has 40 heavy (non-hydrogen) atoms. The number of carbonyl (C=O) groups is 2. The average Bonchev–Trinajstić information content (AvgIpc) is 3.63. The number of pyridine rings is 1. The summed E-state index contributed by atoms with van der Waals surface area (Å²) in [6, 6.07) is 10.00. The lowest BCUT2D eigenvalue weighted by molar-refractivity contribution is -0.137. The van der Waals surface area contributed by atoms with E-state index in [-0.39, 0.29) is 24.2 Å². The van der Waals surface area contributed by atoms with Crippen molar-refractivity contribution in [3.8, 4) is 10.6 Å². The fourth-order valence-electron chi connectivity index (χ4n) is 5.39. The van der Waals surface area contributed by atoms with Crippen molar-refractivity contribution >= 4 is 23.2 Å². The van der Waals surface area contributed by atoms with Crippen molar-refractivity contribution in [1.29, 1.82) is 0 Å². The molecule has 2 aliphatic rings. The molecule has 12 heteroatoms. The number of aromatic nitrogens is 2. The van der Waals surface area contributed by atoms with Crippen LogP contribution < -0.4 is 10.6 Å². The summed E-state index contributed by atoms with van der Waals surface area (Å²) in [6.45, 7) is 1.15. The number of alkyl halides is 3. The molecule has 3 N–H and O–H groups in total. The molecule has 0 radical (unpaired) electrons. The lowest BCUT2D eigenvalue weighted by atomic mass is 9.82. The fraction of sp³-hybridized carbons (Fsp3) is 0.429. The highest BCUT2D eigenvalue weighted by Crippen LogP contribution is 2.42. The molecule has 3 heterocycles. The zero-order valence-electron chi connectivity index (χ0n) is 21.7. The Balaban J connectivity index is 1.07. The number of aliphatic hydroxyl groups is 1. The number of hydrogen-bond donors (Lipinski definition) is 3. The van der Waals surface area contributed by atoms with E-state index in [1.54, 1.807) is 12.4 Å². The van der Waals surface area contributed by atoms with Gasteiger partial charge in [0.1, 0.15) is 10.6 Å². The van der Waals surface area contributed by atoms with Gasteiger partial charge in [0, 0.05) is 43.1 Å². The van der Waals surface area contributed by atoms with Crippen molar-refractivity contribution in [2.45, 2.75) is 56.0 Å². The molecule has 2 fully saturated rings. The summed E-state index contributed by atoms with van der Waals surface area (Å²) in [5, 5.41) is 17.4. The summed E-state index contributed by atoms with van der Waals surface area (Å²) in [5.74, 6) is -1.13. The molecule has 3 aromatic rings. The molecular weight excluding hydrogens is 543 g/mol. The fourth-order valence-corrected chi connectivity index (χ4v) is 6.43. The number of likely N-dealkylation sites (tertiary alicyclic amines) is 1. The first-order valence-electron chi connectivity index (χ1n) is 13.2. The van der Waals surface area contributed by atoms with Crippen LogP contribution in [0.5, 0.6) is 0 Å². The van der Waals surface area contributed by atoms with Crippen LogP contribution in [-0.2, 0) is 16.6 Å². The topological polar surface area (TPSA) is 107 Å². The van der Waals surface area contributed by atoms with Crippen molar-refractivity contribution < 1.29 is 27.9 Å². The van der Waals surface area contributed by atoms with Crippen LogP contribution in [0.4, 0.5) is 13.2 Å². The summed E-state index contributed by atoms with van der Waals surface area (Å²) < 4.78 is 38.7. The molecule has 0 bridgehead atoms. The number of hydrogen-bond acceptors (Lipinski definition) is 7. The van der Waals surface area contributed by atoms with E-state index in [0.29, 0.717) is 24.4 Å². The Morgan fingerprint density at radius 3 is 2.62 bits per heavy atom. The molecule has 1 aliphatic carbocycles. The number of benzene rings is 1. The lowest BCUT2D eigenvalue weighted by Gasteiger charge is -2.38. The van der Waals surface area contributed by atoms with Gasteiger partial charge in [-0.3, -0.25) is 19.5 Å². The first-order chi connectivity index (χ1) is 19.1. The second-order valence-electron chi connectivity index (χ2n) is 10.3. The number of nitrogens with zero attached hydrogens (tertiary/aromatic N) is 3. The van der Waals surface area contributed by atoms with Crippen LogP contribution in [0.3, 0.4) is 0 Å². The van der Waals surface area contributed by atoms with Gasteiger partial charge in [-0.15, -0.1) is 11.3 Å². The molecule has 5 rings (SSSR count). The van der Waals surface area contributed by atoms with E-state index in [2.05, 4.69) is 25.5 Å². The quantitative estimate of drug-likeness (QED) is 0.395. The number of carbonyl (C=O) groups excluding carboxylic acids is 2. The Hall–Kier alpha value is -3.35. The van der Waals surface area contributed by atoms with Crippen molar-refractivity contribution in [1.82, 2.24) is 25.5 Å². The van der Waals surface area contributed by atoms with Gasteiger partial charge in [0.25, 0.3) is 5.91 Å². The molecule has 0 unspecified atom stereocenters. The van der Waals surface area contributed by atoms with E-state index in [9.17, 15) is 27.9 Å². The number of amides is 2. The molecule has 1 saturated carbocycles. The van der Waals surface area contributed by atoms with E-state index in [0.717, 1.165) is 54.6 Å². The minimum absolute atomic E-state index is 0.0846. The van der Waals surface area contributed by atoms with Crippen molar-refractivity contribution in [2.24, 2.45) is 0 Å². The number of halogens is 3. The highest BCUT2D eigenvalue weighted by molar-refractivity contribution is 7.15. The van der Waals surface area contributed by atoms with Gasteiger partial charge < -0.3 is 15.7 Å².